The molecular formula is C13H15F2N3. The molecule has 0 aliphatic heterocycles. The maximum absolute atomic E-state index is 14.0. The fourth-order valence-corrected chi connectivity index (χ4v) is 1.95. The molecule has 0 aliphatic carbocycles. The fraction of sp³-hybridized carbons (Fsp3) is 0.308. The zero-order chi connectivity index (χ0) is 13.1. The number of imidazole rings is 1. The second-order valence-electron chi connectivity index (χ2n) is 4.17. The number of aryl methyl sites for hydroxylation is 1. The van der Waals surface area contributed by atoms with Gasteiger partial charge in [0.1, 0.15) is 17.5 Å². The topological polar surface area (TPSA) is 40.7 Å². The van der Waals surface area contributed by atoms with Gasteiger partial charge in [-0.2, -0.15) is 0 Å². The van der Waals surface area contributed by atoms with Gasteiger partial charge < -0.3 is 10.3 Å². The van der Waals surface area contributed by atoms with E-state index < -0.39 is 17.7 Å². The second kappa shape index (κ2) is 5.27. The standard InChI is InChI=1S/C13H15F2N3/c1-8-3-4-9(14)12(13(8)15)10(16-2)7-11-17-5-6-18-11/h3-6,10,16H,7H2,1-2H3,(H,17,18). The summed E-state index contributed by atoms with van der Waals surface area (Å²) in [6.07, 6.45) is 3.71. The smallest absolute Gasteiger partial charge is 0.133 e. The maximum atomic E-state index is 14.0. The Hall–Kier alpha value is -1.75. The lowest BCUT2D eigenvalue weighted by Gasteiger charge is -2.18. The van der Waals surface area contributed by atoms with Gasteiger partial charge in [0.05, 0.1) is 0 Å². The Balaban J connectivity index is 2.35. The number of hydrogen-bond acceptors (Lipinski definition) is 2. The summed E-state index contributed by atoms with van der Waals surface area (Å²) in [7, 11) is 1.68. The first kappa shape index (κ1) is 12.7. The van der Waals surface area contributed by atoms with Crippen LogP contribution in [0.3, 0.4) is 0 Å². The van der Waals surface area contributed by atoms with E-state index in [0.717, 1.165) is 0 Å². The van der Waals surface area contributed by atoms with E-state index >= 15 is 0 Å². The number of aromatic nitrogens is 2. The van der Waals surface area contributed by atoms with Gasteiger partial charge in [-0.3, -0.25) is 0 Å². The zero-order valence-corrected chi connectivity index (χ0v) is 10.3. The summed E-state index contributed by atoms with van der Waals surface area (Å²) in [5.41, 5.74) is 0.500. The summed E-state index contributed by atoms with van der Waals surface area (Å²) in [6.45, 7) is 1.62. The van der Waals surface area contributed by atoms with Crippen LogP contribution in [0.25, 0.3) is 0 Å². The minimum atomic E-state index is -0.538. The lowest BCUT2D eigenvalue weighted by atomic mass is 10.00. The molecular weight excluding hydrogens is 236 g/mol. The average Bonchev–Trinajstić information content (AvgIpc) is 2.86. The molecule has 1 unspecified atom stereocenters. The largest absolute Gasteiger partial charge is 0.349 e. The molecule has 96 valence electrons. The number of hydrogen-bond donors (Lipinski definition) is 2. The van der Waals surface area contributed by atoms with E-state index in [0.29, 0.717) is 17.8 Å². The maximum Gasteiger partial charge on any atom is 0.133 e. The molecule has 0 saturated carbocycles. The predicted octanol–water partition coefficient (Wildman–Crippen LogP) is 2.50. The van der Waals surface area contributed by atoms with Crippen molar-refractivity contribution in [3.05, 3.63) is 53.1 Å². The molecule has 0 aliphatic rings. The average molecular weight is 251 g/mol. The number of halogens is 2. The highest BCUT2D eigenvalue weighted by Gasteiger charge is 2.21. The zero-order valence-electron chi connectivity index (χ0n) is 10.3. The van der Waals surface area contributed by atoms with Gasteiger partial charge in [-0.15, -0.1) is 0 Å². The van der Waals surface area contributed by atoms with Crippen LogP contribution in [0.15, 0.2) is 24.5 Å². The quantitative estimate of drug-likeness (QED) is 0.876. The summed E-state index contributed by atoms with van der Waals surface area (Å²) in [5.74, 6) is -0.348. The molecule has 2 N–H and O–H groups in total. The number of rotatable bonds is 4. The van der Waals surface area contributed by atoms with Crippen LogP contribution in [-0.4, -0.2) is 17.0 Å². The van der Waals surface area contributed by atoms with Gasteiger partial charge in [-0.25, -0.2) is 13.8 Å². The van der Waals surface area contributed by atoms with Crippen molar-refractivity contribution in [3.63, 3.8) is 0 Å². The van der Waals surface area contributed by atoms with E-state index in [1.807, 2.05) is 0 Å². The SMILES string of the molecule is CNC(Cc1ncc[nH]1)c1c(F)ccc(C)c1F. The summed E-state index contributed by atoms with van der Waals surface area (Å²) in [4.78, 5) is 7.00. The number of H-pyrrole nitrogens is 1. The number of nitrogens with one attached hydrogen (secondary N) is 2. The lowest BCUT2D eigenvalue weighted by Crippen LogP contribution is -2.22. The fourth-order valence-electron chi connectivity index (χ4n) is 1.95. The Morgan fingerprint density at radius 3 is 2.78 bits per heavy atom. The van der Waals surface area contributed by atoms with Crippen molar-refractivity contribution < 1.29 is 8.78 Å². The molecule has 0 fully saturated rings. The molecule has 1 aromatic carbocycles. The highest BCUT2D eigenvalue weighted by Crippen LogP contribution is 2.25. The van der Waals surface area contributed by atoms with Crippen molar-refractivity contribution in [3.8, 4) is 0 Å². The summed E-state index contributed by atoms with van der Waals surface area (Å²) >= 11 is 0. The first-order valence-corrected chi connectivity index (χ1v) is 5.73. The minimum absolute atomic E-state index is 0.0638. The molecule has 1 heterocycles. The molecule has 0 bridgehead atoms. The molecule has 1 aromatic heterocycles. The van der Waals surface area contributed by atoms with Crippen molar-refractivity contribution in [2.45, 2.75) is 19.4 Å². The first-order chi connectivity index (χ1) is 8.63. The second-order valence-corrected chi connectivity index (χ2v) is 4.17. The number of nitrogens with zero attached hydrogens (tertiary/aromatic N) is 1. The van der Waals surface area contributed by atoms with Crippen LogP contribution in [0.5, 0.6) is 0 Å². The third-order valence-corrected chi connectivity index (χ3v) is 2.97. The molecule has 2 rings (SSSR count). The van der Waals surface area contributed by atoms with E-state index in [2.05, 4.69) is 15.3 Å². The Labute approximate surface area is 104 Å². The van der Waals surface area contributed by atoms with Gasteiger partial charge in [0.25, 0.3) is 0 Å². The van der Waals surface area contributed by atoms with E-state index in [1.165, 1.54) is 12.1 Å². The summed E-state index contributed by atoms with van der Waals surface area (Å²) in [6, 6.07) is 2.28. The van der Waals surface area contributed by atoms with Gasteiger partial charge in [-0.1, -0.05) is 6.07 Å². The van der Waals surface area contributed by atoms with Gasteiger partial charge in [0.2, 0.25) is 0 Å². The van der Waals surface area contributed by atoms with Crippen LogP contribution in [0.2, 0.25) is 0 Å². The van der Waals surface area contributed by atoms with Crippen molar-refractivity contribution in [1.29, 1.82) is 0 Å². The molecule has 0 saturated heterocycles. The highest BCUT2D eigenvalue weighted by atomic mass is 19.1. The van der Waals surface area contributed by atoms with E-state index in [-0.39, 0.29) is 5.56 Å². The van der Waals surface area contributed by atoms with Gasteiger partial charge in [0.15, 0.2) is 0 Å². The Morgan fingerprint density at radius 2 is 2.17 bits per heavy atom. The first-order valence-electron chi connectivity index (χ1n) is 5.73. The lowest BCUT2D eigenvalue weighted by molar-refractivity contribution is 0.481. The third-order valence-electron chi connectivity index (χ3n) is 2.97. The number of likely N-dealkylation sites (N-methyl/N-ethyl adjacent to an activating group) is 1. The van der Waals surface area contributed by atoms with Crippen molar-refractivity contribution >= 4 is 0 Å². The molecule has 0 spiro atoms. The normalized spacial score (nSPS) is 12.7. The van der Waals surface area contributed by atoms with Gasteiger partial charge >= 0.3 is 0 Å². The van der Waals surface area contributed by atoms with Crippen molar-refractivity contribution in [1.82, 2.24) is 15.3 Å². The molecule has 0 radical (unpaired) electrons. The number of benzene rings is 1. The molecule has 0 amide bonds. The van der Waals surface area contributed by atoms with Crippen LogP contribution in [-0.2, 0) is 6.42 Å². The molecule has 1 atom stereocenters. The molecule has 2 aromatic rings. The Morgan fingerprint density at radius 1 is 1.39 bits per heavy atom. The van der Waals surface area contributed by atoms with E-state index in [9.17, 15) is 8.78 Å². The highest BCUT2D eigenvalue weighted by molar-refractivity contribution is 5.29. The van der Waals surface area contributed by atoms with Crippen molar-refractivity contribution in [2.24, 2.45) is 0 Å². The molecule has 3 nitrogen and oxygen atoms in total. The van der Waals surface area contributed by atoms with Crippen LogP contribution in [0, 0.1) is 18.6 Å². The van der Waals surface area contributed by atoms with Crippen LogP contribution in [0.1, 0.15) is 23.0 Å². The van der Waals surface area contributed by atoms with Crippen LogP contribution < -0.4 is 5.32 Å². The van der Waals surface area contributed by atoms with Crippen LogP contribution >= 0.6 is 0 Å². The van der Waals surface area contributed by atoms with E-state index in [4.69, 9.17) is 0 Å². The van der Waals surface area contributed by atoms with Gasteiger partial charge in [0, 0.05) is 30.4 Å². The van der Waals surface area contributed by atoms with Gasteiger partial charge in [-0.05, 0) is 25.6 Å². The Kier molecular flexibility index (Phi) is 3.72. The monoisotopic (exact) mass is 251 g/mol. The minimum Gasteiger partial charge on any atom is -0.349 e. The third kappa shape index (κ3) is 2.41. The molecule has 5 heteroatoms. The molecule has 18 heavy (non-hydrogen) atoms. The van der Waals surface area contributed by atoms with E-state index in [1.54, 1.807) is 26.4 Å². The number of aromatic amines is 1. The summed E-state index contributed by atoms with van der Waals surface area (Å²) < 4.78 is 27.8. The van der Waals surface area contributed by atoms with Crippen LogP contribution in [0.4, 0.5) is 8.78 Å². The Bertz CT molecular complexity index is 523. The predicted molar refractivity (Wildman–Crippen MR) is 65.2 cm³/mol. The van der Waals surface area contributed by atoms with Crippen molar-refractivity contribution in [2.75, 3.05) is 7.05 Å². The summed E-state index contributed by atoms with van der Waals surface area (Å²) in [5, 5.41) is 2.93.